The van der Waals surface area contributed by atoms with Gasteiger partial charge in [-0.2, -0.15) is 0 Å². The third kappa shape index (κ3) is 3.61. The van der Waals surface area contributed by atoms with Crippen LogP contribution in [0.2, 0.25) is 0 Å². The van der Waals surface area contributed by atoms with Crippen molar-refractivity contribution in [2.45, 2.75) is 84.5 Å². The Balaban J connectivity index is 0.00000196. The number of pyridine rings is 1. The number of aryl methyl sites for hydroxylation is 1. The number of anilines is 1. The number of nitrogens with one attached hydrogen (secondary N) is 1. The topological polar surface area (TPSA) is 69.0 Å². The zero-order chi connectivity index (χ0) is 17.6. The molecule has 2 fully saturated rings. The summed E-state index contributed by atoms with van der Waals surface area (Å²) in [5.41, 5.74) is 2.56. The van der Waals surface area contributed by atoms with E-state index in [1.807, 2.05) is 19.1 Å². The van der Waals surface area contributed by atoms with Gasteiger partial charge in [-0.1, -0.05) is 7.43 Å². The molecule has 0 aromatic carbocycles. The molecule has 4 rings (SSSR count). The van der Waals surface area contributed by atoms with E-state index in [0.29, 0.717) is 18.4 Å². The lowest BCUT2D eigenvalue weighted by Crippen LogP contribution is -2.26. The van der Waals surface area contributed by atoms with Gasteiger partial charge in [-0.25, -0.2) is 9.97 Å². The van der Waals surface area contributed by atoms with Gasteiger partial charge in [-0.05, 0) is 65.0 Å². The van der Waals surface area contributed by atoms with Gasteiger partial charge in [0.1, 0.15) is 5.52 Å². The van der Waals surface area contributed by atoms with Crippen molar-refractivity contribution in [1.82, 2.24) is 14.5 Å². The van der Waals surface area contributed by atoms with Crippen LogP contribution in [0.1, 0.15) is 71.5 Å². The van der Waals surface area contributed by atoms with Crippen LogP contribution in [-0.2, 0) is 9.53 Å². The fraction of sp³-hybridized carbons (Fsp3) is 0.650. The molecule has 1 saturated heterocycles. The molecular weight excluding hydrogens is 328 g/mol. The van der Waals surface area contributed by atoms with Gasteiger partial charge in [0, 0.05) is 11.7 Å². The minimum Gasteiger partial charge on any atom is -0.372 e. The summed E-state index contributed by atoms with van der Waals surface area (Å²) in [4.78, 5) is 21.8. The summed E-state index contributed by atoms with van der Waals surface area (Å²) in [6, 6.07) is 4.32. The predicted octanol–water partition coefficient (Wildman–Crippen LogP) is 4.39. The number of amides is 1. The van der Waals surface area contributed by atoms with Crippen molar-refractivity contribution >= 4 is 23.0 Å². The molecule has 1 aliphatic heterocycles. The van der Waals surface area contributed by atoms with Gasteiger partial charge in [0.2, 0.25) is 11.9 Å². The summed E-state index contributed by atoms with van der Waals surface area (Å²) < 4.78 is 8.06. The summed E-state index contributed by atoms with van der Waals surface area (Å²) in [6.07, 6.45) is 5.75. The van der Waals surface area contributed by atoms with E-state index >= 15 is 0 Å². The minimum absolute atomic E-state index is 0. The maximum Gasteiger partial charge on any atom is 0.229 e. The first-order chi connectivity index (χ1) is 11.9. The molecule has 26 heavy (non-hydrogen) atoms. The smallest absolute Gasteiger partial charge is 0.229 e. The number of aromatic nitrogens is 3. The quantitative estimate of drug-likeness (QED) is 0.880. The minimum atomic E-state index is -0.120. The SMILES string of the molecule is C.Cc1ccc2nc(NC(=O)C[C@H]3CCC(C)(C)O3)n(C3CCC3)c2n1. The van der Waals surface area contributed by atoms with Crippen molar-refractivity contribution in [3.63, 3.8) is 0 Å². The average molecular weight is 358 g/mol. The van der Waals surface area contributed by atoms with Gasteiger partial charge >= 0.3 is 0 Å². The first-order valence-electron chi connectivity index (χ1n) is 9.24. The summed E-state index contributed by atoms with van der Waals surface area (Å²) >= 11 is 0. The van der Waals surface area contributed by atoms with Crippen molar-refractivity contribution in [2.24, 2.45) is 0 Å². The molecule has 2 aromatic heterocycles. The van der Waals surface area contributed by atoms with Crippen LogP contribution in [0, 0.1) is 6.92 Å². The number of fused-ring (bicyclic) bond motifs is 1. The summed E-state index contributed by atoms with van der Waals surface area (Å²) in [5, 5.41) is 3.02. The number of carbonyl (C=O) groups excluding carboxylic acids is 1. The number of hydrogen-bond donors (Lipinski definition) is 1. The van der Waals surface area contributed by atoms with Crippen LogP contribution in [0.15, 0.2) is 12.1 Å². The molecule has 1 atom stereocenters. The van der Waals surface area contributed by atoms with E-state index in [4.69, 9.17) is 4.74 Å². The average Bonchev–Trinajstić information content (AvgIpc) is 2.98. The summed E-state index contributed by atoms with van der Waals surface area (Å²) in [7, 11) is 0. The first-order valence-corrected chi connectivity index (χ1v) is 9.24. The molecule has 0 radical (unpaired) electrons. The molecule has 2 aliphatic rings. The molecule has 1 saturated carbocycles. The molecule has 1 N–H and O–H groups in total. The Morgan fingerprint density at radius 1 is 1.31 bits per heavy atom. The van der Waals surface area contributed by atoms with E-state index in [0.717, 1.165) is 42.5 Å². The normalized spacial score (nSPS) is 22.0. The third-order valence-electron chi connectivity index (χ3n) is 5.33. The van der Waals surface area contributed by atoms with Gasteiger partial charge in [-0.15, -0.1) is 0 Å². The summed E-state index contributed by atoms with van der Waals surface area (Å²) in [6.45, 7) is 6.14. The number of imidazole rings is 1. The molecule has 3 heterocycles. The van der Waals surface area contributed by atoms with Crippen molar-refractivity contribution in [3.8, 4) is 0 Å². The van der Waals surface area contributed by atoms with E-state index in [1.165, 1.54) is 6.42 Å². The lowest BCUT2D eigenvalue weighted by molar-refractivity contribution is -0.119. The summed E-state index contributed by atoms with van der Waals surface area (Å²) in [5.74, 6) is 0.593. The highest BCUT2D eigenvalue weighted by Gasteiger charge is 2.33. The molecular formula is C20H30N4O2. The number of hydrogen-bond acceptors (Lipinski definition) is 4. The highest BCUT2D eigenvalue weighted by molar-refractivity contribution is 5.91. The standard InChI is InChI=1S/C19H26N4O2.CH4/c1-12-7-8-15-17(20-12)23(13-5-4-6-13)18(21-15)22-16(24)11-14-9-10-19(2,3)25-14;/h7-8,13-14H,4-6,9-11H2,1-3H3,(H,21,22,24);1H4/t14-;/m1./s1. The molecule has 0 spiro atoms. The van der Waals surface area contributed by atoms with Gasteiger partial charge < -0.3 is 4.74 Å². The van der Waals surface area contributed by atoms with Gasteiger partial charge in [0.05, 0.1) is 18.1 Å². The van der Waals surface area contributed by atoms with Crippen LogP contribution in [0.3, 0.4) is 0 Å². The van der Waals surface area contributed by atoms with Crippen molar-refractivity contribution < 1.29 is 9.53 Å². The lowest BCUT2D eigenvalue weighted by Gasteiger charge is -2.28. The van der Waals surface area contributed by atoms with E-state index in [-0.39, 0.29) is 25.0 Å². The second-order valence-corrected chi connectivity index (χ2v) is 7.98. The maximum absolute atomic E-state index is 12.5. The molecule has 6 nitrogen and oxygen atoms in total. The van der Waals surface area contributed by atoms with E-state index in [2.05, 4.69) is 33.7 Å². The van der Waals surface area contributed by atoms with E-state index in [1.54, 1.807) is 0 Å². The Labute approximate surface area is 155 Å². The maximum atomic E-state index is 12.5. The predicted molar refractivity (Wildman–Crippen MR) is 103 cm³/mol. The van der Waals surface area contributed by atoms with Crippen LogP contribution >= 0.6 is 0 Å². The molecule has 6 heteroatoms. The van der Waals surface area contributed by atoms with Gasteiger partial charge in [-0.3, -0.25) is 14.7 Å². The third-order valence-corrected chi connectivity index (χ3v) is 5.33. The first kappa shape index (κ1) is 18.8. The fourth-order valence-corrected chi connectivity index (χ4v) is 3.75. The van der Waals surface area contributed by atoms with Gasteiger partial charge in [0.15, 0.2) is 5.65 Å². The Hall–Kier alpha value is -1.95. The second-order valence-electron chi connectivity index (χ2n) is 7.98. The number of nitrogens with zero attached hydrogens (tertiary/aromatic N) is 3. The molecule has 142 valence electrons. The van der Waals surface area contributed by atoms with Crippen LogP contribution in [-0.4, -0.2) is 32.1 Å². The monoisotopic (exact) mass is 358 g/mol. The molecule has 2 aromatic rings. The van der Waals surface area contributed by atoms with Crippen LogP contribution in [0.25, 0.3) is 11.2 Å². The lowest BCUT2D eigenvalue weighted by atomic mass is 9.93. The molecule has 1 amide bonds. The molecule has 0 unspecified atom stereocenters. The van der Waals surface area contributed by atoms with Crippen molar-refractivity contribution in [1.29, 1.82) is 0 Å². The zero-order valence-corrected chi connectivity index (χ0v) is 15.2. The Kier molecular flexibility index (Phi) is 5.06. The Morgan fingerprint density at radius 2 is 2.08 bits per heavy atom. The zero-order valence-electron chi connectivity index (χ0n) is 15.2. The highest BCUT2D eigenvalue weighted by atomic mass is 16.5. The van der Waals surface area contributed by atoms with Gasteiger partial charge in [0.25, 0.3) is 0 Å². The van der Waals surface area contributed by atoms with Crippen molar-refractivity contribution in [2.75, 3.05) is 5.32 Å². The van der Waals surface area contributed by atoms with E-state index < -0.39 is 0 Å². The Morgan fingerprint density at radius 3 is 2.69 bits per heavy atom. The molecule has 0 bridgehead atoms. The highest BCUT2D eigenvalue weighted by Crippen LogP contribution is 2.37. The van der Waals surface area contributed by atoms with Crippen molar-refractivity contribution in [3.05, 3.63) is 17.8 Å². The van der Waals surface area contributed by atoms with E-state index in [9.17, 15) is 4.79 Å². The fourth-order valence-electron chi connectivity index (χ4n) is 3.75. The number of carbonyl (C=O) groups is 1. The largest absolute Gasteiger partial charge is 0.372 e. The van der Waals surface area contributed by atoms with Crippen LogP contribution < -0.4 is 5.32 Å². The van der Waals surface area contributed by atoms with Crippen LogP contribution in [0.4, 0.5) is 5.95 Å². The number of rotatable bonds is 4. The van der Waals surface area contributed by atoms with Crippen LogP contribution in [0.5, 0.6) is 0 Å². The Bertz CT molecular complexity index is 807. The molecule has 1 aliphatic carbocycles. The second kappa shape index (κ2) is 6.99. The number of ether oxygens (including phenoxy) is 1.